The summed E-state index contributed by atoms with van der Waals surface area (Å²) in [5, 5.41) is 16.8. The van der Waals surface area contributed by atoms with Gasteiger partial charge in [0.05, 0.1) is 6.42 Å². The first kappa shape index (κ1) is 15.5. The number of benzene rings is 2. The van der Waals surface area contributed by atoms with Crippen LogP contribution < -0.4 is 5.32 Å². The van der Waals surface area contributed by atoms with Crippen molar-refractivity contribution in [2.24, 2.45) is 0 Å². The molecule has 1 heterocycles. The number of fused-ring (bicyclic) bond motifs is 1. The summed E-state index contributed by atoms with van der Waals surface area (Å²) in [5.74, 6) is 0.479. The summed E-state index contributed by atoms with van der Waals surface area (Å²) in [6.07, 6.45) is 5.16. The molecule has 0 bridgehead atoms. The molecule has 0 radical (unpaired) electrons. The van der Waals surface area contributed by atoms with Crippen LogP contribution in [0.25, 0.3) is 11.4 Å². The van der Waals surface area contributed by atoms with Crippen molar-refractivity contribution in [1.29, 1.82) is 0 Å². The van der Waals surface area contributed by atoms with E-state index >= 15 is 0 Å². The van der Waals surface area contributed by atoms with Gasteiger partial charge in [-0.15, -0.1) is 10.2 Å². The second-order valence-electron chi connectivity index (χ2n) is 6.35. The number of amides is 1. The summed E-state index contributed by atoms with van der Waals surface area (Å²) < 4.78 is 0. The maximum atomic E-state index is 12.4. The second-order valence-corrected chi connectivity index (χ2v) is 6.35. The van der Waals surface area contributed by atoms with E-state index in [-0.39, 0.29) is 5.91 Å². The van der Waals surface area contributed by atoms with Gasteiger partial charge in [-0.1, -0.05) is 30.3 Å². The van der Waals surface area contributed by atoms with Gasteiger partial charge in [0, 0.05) is 11.3 Å². The minimum Gasteiger partial charge on any atom is -0.326 e. The largest absolute Gasteiger partial charge is 0.326 e. The smallest absolute Gasteiger partial charge is 0.228 e. The molecule has 1 aromatic heterocycles. The van der Waals surface area contributed by atoms with Crippen LogP contribution in [0.5, 0.6) is 0 Å². The Kier molecular flexibility index (Phi) is 4.24. The lowest BCUT2D eigenvalue weighted by molar-refractivity contribution is -0.115. The Morgan fingerprint density at radius 1 is 1.08 bits per heavy atom. The number of aromatic nitrogens is 4. The van der Waals surface area contributed by atoms with Gasteiger partial charge < -0.3 is 5.32 Å². The van der Waals surface area contributed by atoms with Crippen LogP contribution >= 0.6 is 0 Å². The van der Waals surface area contributed by atoms with E-state index in [0.29, 0.717) is 12.2 Å². The van der Waals surface area contributed by atoms with Crippen LogP contribution in [0.1, 0.15) is 29.5 Å². The lowest BCUT2D eigenvalue weighted by Gasteiger charge is -2.16. The molecule has 2 aromatic carbocycles. The van der Waals surface area contributed by atoms with Gasteiger partial charge in [-0.3, -0.25) is 4.79 Å². The molecule has 0 saturated carbocycles. The van der Waals surface area contributed by atoms with Gasteiger partial charge in [-0.05, 0) is 59.7 Å². The van der Waals surface area contributed by atoms with Gasteiger partial charge in [0.25, 0.3) is 0 Å². The molecule has 0 spiro atoms. The van der Waals surface area contributed by atoms with E-state index in [1.54, 1.807) is 0 Å². The van der Waals surface area contributed by atoms with Crippen LogP contribution in [0, 0.1) is 0 Å². The van der Waals surface area contributed by atoms with Crippen molar-refractivity contribution in [3.8, 4) is 11.4 Å². The highest BCUT2D eigenvalue weighted by Crippen LogP contribution is 2.23. The summed E-state index contributed by atoms with van der Waals surface area (Å²) in [6.45, 7) is 0. The summed E-state index contributed by atoms with van der Waals surface area (Å²) in [6, 6.07) is 13.9. The van der Waals surface area contributed by atoms with Gasteiger partial charge in [0.1, 0.15) is 0 Å². The molecule has 0 aliphatic heterocycles. The first-order chi connectivity index (χ1) is 12.3. The van der Waals surface area contributed by atoms with Gasteiger partial charge >= 0.3 is 0 Å². The molecule has 6 nitrogen and oxygen atoms in total. The van der Waals surface area contributed by atoms with Crippen LogP contribution in [-0.4, -0.2) is 26.5 Å². The topological polar surface area (TPSA) is 83.6 Å². The van der Waals surface area contributed by atoms with Gasteiger partial charge in [0.15, 0.2) is 0 Å². The number of aryl methyl sites for hydroxylation is 2. The SMILES string of the molecule is O=C(Cc1ccc2c(c1)CCCC2)Nc1cccc(-c2nn[nH]n2)c1. The predicted molar refractivity (Wildman–Crippen MR) is 95.0 cm³/mol. The Bertz CT molecular complexity index is 889. The molecule has 0 atom stereocenters. The fraction of sp³-hybridized carbons (Fsp3) is 0.263. The minimum atomic E-state index is -0.0268. The highest BCUT2D eigenvalue weighted by atomic mass is 16.1. The zero-order chi connectivity index (χ0) is 17.1. The number of carbonyl (C=O) groups excluding carboxylic acids is 1. The van der Waals surface area contributed by atoms with Crippen molar-refractivity contribution < 1.29 is 4.79 Å². The third-order valence-electron chi connectivity index (χ3n) is 4.53. The lowest BCUT2D eigenvalue weighted by atomic mass is 9.90. The third kappa shape index (κ3) is 3.57. The van der Waals surface area contributed by atoms with Gasteiger partial charge in [-0.2, -0.15) is 5.21 Å². The molecule has 0 unspecified atom stereocenters. The number of tetrazole rings is 1. The van der Waals surface area contributed by atoms with E-state index in [2.05, 4.69) is 44.1 Å². The average Bonchev–Trinajstić information content (AvgIpc) is 3.16. The number of aromatic amines is 1. The standard InChI is InChI=1S/C19H19N5O/c25-18(11-13-8-9-14-4-1-2-5-15(14)10-13)20-17-7-3-6-16(12-17)19-21-23-24-22-19/h3,6-10,12H,1-2,4-5,11H2,(H,20,25)(H,21,22,23,24). The predicted octanol–water partition coefficient (Wildman–Crippen LogP) is 2.93. The first-order valence-corrected chi connectivity index (χ1v) is 8.52. The first-order valence-electron chi connectivity index (χ1n) is 8.52. The highest BCUT2D eigenvalue weighted by Gasteiger charge is 2.12. The molecule has 6 heteroatoms. The van der Waals surface area contributed by atoms with E-state index in [1.165, 1.54) is 24.0 Å². The number of anilines is 1. The summed E-state index contributed by atoms with van der Waals surface area (Å²) in [5.41, 5.74) is 5.43. The molecule has 0 saturated heterocycles. The Morgan fingerprint density at radius 3 is 2.80 bits per heavy atom. The zero-order valence-corrected chi connectivity index (χ0v) is 13.8. The highest BCUT2D eigenvalue weighted by molar-refractivity contribution is 5.92. The summed E-state index contributed by atoms with van der Waals surface area (Å²) >= 11 is 0. The molecule has 2 N–H and O–H groups in total. The Hall–Kier alpha value is -3.02. The monoisotopic (exact) mass is 333 g/mol. The normalized spacial score (nSPS) is 13.3. The van der Waals surface area contributed by atoms with Crippen molar-refractivity contribution in [2.45, 2.75) is 32.1 Å². The van der Waals surface area contributed by atoms with E-state index < -0.39 is 0 Å². The molecule has 0 fully saturated rings. The van der Waals surface area contributed by atoms with Crippen molar-refractivity contribution in [3.63, 3.8) is 0 Å². The van der Waals surface area contributed by atoms with Gasteiger partial charge in [-0.25, -0.2) is 0 Å². The van der Waals surface area contributed by atoms with E-state index in [4.69, 9.17) is 0 Å². The molecular formula is C19H19N5O. The van der Waals surface area contributed by atoms with Crippen LogP contribution in [0.2, 0.25) is 0 Å². The molecule has 3 aromatic rings. The quantitative estimate of drug-likeness (QED) is 0.769. The summed E-state index contributed by atoms with van der Waals surface area (Å²) in [7, 11) is 0. The number of carbonyl (C=O) groups is 1. The molecule has 1 amide bonds. The van der Waals surface area contributed by atoms with E-state index in [9.17, 15) is 4.79 Å². The number of H-pyrrole nitrogens is 1. The van der Waals surface area contributed by atoms with Gasteiger partial charge in [0.2, 0.25) is 11.7 Å². The van der Waals surface area contributed by atoms with Crippen LogP contribution in [0.3, 0.4) is 0 Å². The average molecular weight is 333 g/mol. The molecule has 1 aliphatic carbocycles. The van der Waals surface area contributed by atoms with Crippen molar-refractivity contribution in [1.82, 2.24) is 20.6 Å². The van der Waals surface area contributed by atoms with Crippen molar-refractivity contribution >= 4 is 11.6 Å². The molecule has 25 heavy (non-hydrogen) atoms. The van der Waals surface area contributed by atoms with Crippen LogP contribution in [0.15, 0.2) is 42.5 Å². The van der Waals surface area contributed by atoms with Crippen LogP contribution in [0.4, 0.5) is 5.69 Å². The number of hydrogen-bond donors (Lipinski definition) is 2. The van der Waals surface area contributed by atoms with E-state index in [0.717, 1.165) is 29.7 Å². The molecular weight excluding hydrogens is 314 g/mol. The fourth-order valence-corrected chi connectivity index (χ4v) is 3.31. The number of rotatable bonds is 4. The zero-order valence-electron chi connectivity index (χ0n) is 13.8. The molecule has 126 valence electrons. The lowest BCUT2D eigenvalue weighted by Crippen LogP contribution is -2.15. The Labute approximate surface area is 145 Å². The van der Waals surface area contributed by atoms with E-state index in [1.807, 2.05) is 24.3 Å². The number of nitrogens with zero attached hydrogens (tertiary/aromatic N) is 3. The third-order valence-corrected chi connectivity index (χ3v) is 4.53. The molecule has 4 rings (SSSR count). The maximum absolute atomic E-state index is 12.4. The number of hydrogen-bond acceptors (Lipinski definition) is 4. The Morgan fingerprint density at radius 2 is 1.96 bits per heavy atom. The summed E-state index contributed by atoms with van der Waals surface area (Å²) in [4.78, 5) is 12.4. The van der Waals surface area contributed by atoms with Crippen LogP contribution in [-0.2, 0) is 24.1 Å². The number of nitrogens with one attached hydrogen (secondary N) is 2. The fourth-order valence-electron chi connectivity index (χ4n) is 3.31. The minimum absolute atomic E-state index is 0.0268. The van der Waals surface area contributed by atoms with Crippen molar-refractivity contribution in [3.05, 3.63) is 59.2 Å². The Balaban J connectivity index is 1.45. The second kappa shape index (κ2) is 6.84. The maximum Gasteiger partial charge on any atom is 0.228 e. The molecule has 1 aliphatic rings. The van der Waals surface area contributed by atoms with Crippen molar-refractivity contribution in [2.75, 3.05) is 5.32 Å².